The lowest BCUT2D eigenvalue weighted by atomic mass is 10.2. The van der Waals surface area contributed by atoms with Crippen molar-refractivity contribution in [1.29, 1.82) is 0 Å². The molecule has 3 rings (SSSR count). The normalized spacial score (nSPS) is 12.5. The topological polar surface area (TPSA) is 20.2 Å². The molecule has 0 saturated heterocycles. The maximum atomic E-state index is 10.0. The maximum absolute atomic E-state index is 10.0. The minimum absolute atomic E-state index is 0.438. The van der Waals surface area contributed by atoms with Gasteiger partial charge in [0.25, 0.3) is 0 Å². The third-order valence-electron chi connectivity index (χ3n) is 3.55. The summed E-state index contributed by atoms with van der Waals surface area (Å²) in [5, 5.41) is 13.9. The van der Waals surface area contributed by atoms with Gasteiger partial charge in [0.15, 0.2) is 0 Å². The molecule has 0 aliphatic rings. The van der Waals surface area contributed by atoms with Crippen LogP contribution in [0.4, 0.5) is 0 Å². The van der Waals surface area contributed by atoms with Crippen LogP contribution in [0.1, 0.15) is 18.6 Å². The van der Waals surface area contributed by atoms with E-state index in [1.807, 2.05) is 31.2 Å². The minimum atomic E-state index is -0.622. The zero-order valence-electron chi connectivity index (χ0n) is 12.0. The molecule has 0 amide bonds. The molecule has 3 aromatic rings. The van der Waals surface area contributed by atoms with Gasteiger partial charge in [-0.3, -0.25) is 0 Å². The third kappa shape index (κ3) is 2.95. The van der Waals surface area contributed by atoms with E-state index in [2.05, 4.69) is 54.6 Å². The largest absolute Gasteiger partial charge is 0.401 e. The highest BCUT2D eigenvalue weighted by Crippen LogP contribution is 2.35. The van der Waals surface area contributed by atoms with E-state index < -0.39 is 14.0 Å². The Labute approximate surface area is 127 Å². The Balaban J connectivity index is 2.15. The molecule has 3 aromatic carbocycles. The summed E-state index contributed by atoms with van der Waals surface area (Å²) < 4.78 is 0. The lowest BCUT2D eigenvalue weighted by Gasteiger charge is -2.25. The van der Waals surface area contributed by atoms with Gasteiger partial charge in [0, 0.05) is 6.10 Å². The number of aliphatic hydroxyl groups excluding tert-OH is 1. The van der Waals surface area contributed by atoms with Crippen LogP contribution in [0.25, 0.3) is 0 Å². The first-order chi connectivity index (χ1) is 10.3. The van der Waals surface area contributed by atoms with Crippen molar-refractivity contribution in [3.8, 4) is 0 Å². The number of rotatable bonds is 4. The average Bonchev–Trinajstić information content (AvgIpc) is 2.99. The van der Waals surface area contributed by atoms with Gasteiger partial charge in [0.1, 0.15) is 0 Å². The van der Waals surface area contributed by atoms with Gasteiger partial charge in [-0.05, 0) is 25.5 Å². The predicted molar refractivity (Wildman–Crippen MR) is 91.4 cm³/mol. The first-order valence-corrected chi connectivity index (χ1v) is 8.45. The summed E-state index contributed by atoms with van der Waals surface area (Å²) in [7, 11) is -0.622. The van der Waals surface area contributed by atoms with Crippen molar-refractivity contribution in [2.45, 2.75) is 13.0 Å². The Hall–Kier alpha value is -1.82. The summed E-state index contributed by atoms with van der Waals surface area (Å²) >= 11 is 0. The standard InChI is InChI=1S/C19H18OP/c1-15(20)18-13-8-14-19(18)21(16-9-4-2-5-10-16)17-11-6-3-7-12-17/h2-15,20H,1H3/q-1/t15-/m1/s1. The van der Waals surface area contributed by atoms with Crippen LogP contribution in [-0.4, -0.2) is 5.11 Å². The summed E-state index contributed by atoms with van der Waals surface area (Å²) in [4.78, 5) is 0. The minimum Gasteiger partial charge on any atom is -0.401 e. The molecular weight excluding hydrogens is 275 g/mol. The first kappa shape index (κ1) is 14.1. The molecule has 0 saturated carbocycles. The van der Waals surface area contributed by atoms with E-state index in [0.717, 1.165) is 5.56 Å². The molecule has 2 heteroatoms. The van der Waals surface area contributed by atoms with Crippen molar-refractivity contribution in [3.05, 3.63) is 84.4 Å². The van der Waals surface area contributed by atoms with Crippen LogP contribution in [-0.2, 0) is 0 Å². The smallest absolute Gasteiger partial charge is 0.0328 e. The van der Waals surface area contributed by atoms with Gasteiger partial charge in [-0.1, -0.05) is 60.7 Å². The first-order valence-electron chi connectivity index (χ1n) is 7.11. The summed E-state index contributed by atoms with van der Waals surface area (Å²) in [5.41, 5.74) is 1.04. The molecule has 1 nitrogen and oxygen atoms in total. The molecule has 0 bridgehead atoms. The molecule has 1 N–H and O–H groups in total. The lowest BCUT2D eigenvalue weighted by molar-refractivity contribution is 0.200. The van der Waals surface area contributed by atoms with Gasteiger partial charge in [-0.15, -0.1) is 10.9 Å². The van der Waals surface area contributed by atoms with Gasteiger partial charge in [-0.2, -0.15) is 6.07 Å². The molecule has 0 aliphatic heterocycles. The van der Waals surface area contributed by atoms with Crippen LogP contribution in [0.15, 0.2) is 78.9 Å². The van der Waals surface area contributed by atoms with Crippen molar-refractivity contribution in [1.82, 2.24) is 0 Å². The second kappa shape index (κ2) is 6.30. The summed E-state index contributed by atoms with van der Waals surface area (Å²) in [5.74, 6) is 0. The second-order valence-corrected chi connectivity index (χ2v) is 7.23. The van der Waals surface area contributed by atoms with E-state index in [9.17, 15) is 5.11 Å². The highest BCUT2D eigenvalue weighted by molar-refractivity contribution is 7.79. The molecule has 106 valence electrons. The van der Waals surface area contributed by atoms with Crippen LogP contribution in [0.2, 0.25) is 0 Å². The van der Waals surface area contributed by atoms with E-state index >= 15 is 0 Å². The van der Waals surface area contributed by atoms with Crippen molar-refractivity contribution >= 4 is 23.8 Å². The van der Waals surface area contributed by atoms with Crippen molar-refractivity contribution < 1.29 is 5.11 Å². The Bertz CT molecular complexity index is 646. The molecule has 0 unspecified atom stereocenters. The average molecular weight is 293 g/mol. The molecular formula is C19H18OP-. The van der Waals surface area contributed by atoms with Gasteiger partial charge >= 0.3 is 0 Å². The lowest BCUT2D eigenvalue weighted by Crippen LogP contribution is -2.22. The van der Waals surface area contributed by atoms with Crippen molar-refractivity contribution in [2.75, 3.05) is 0 Å². The zero-order valence-corrected chi connectivity index (χ0v) is 12.9. The SMILES string of the molecule is C[C@@H](O)[c-]1cccc1P(c1ccccc1)c1ccccc1. The quantitative estimate of drug-likeness (QED) is 0.578. The monoisotopic (exact) mass is 293 g/mol. The summed E-state index contributed by atoms with van der Waals surface area (Å²) in [6.07, 6.45) is -0.438. The Morgan fingerprint density at radius 2 is 1.33 bits per heavy atom. The fourth-order valence-corrected chi connectivity index (χ4v) is 5.11. The van der Waals surface area contributed by atoms with Gasteiger partial charge in [0.05, 0.1) is 0 Å². The molecule has 1 atom stereocenters. The number of benzene rings is 2. The van der Waals surface area contributed by atoms with E-state index in [0.29, 0.717) is 0 Å². The molecule has 0 fully saturated rings. The fraction of sp³-hybridized carbons (Fsp3) is 0.105. The fourth-order valence-electron chi connectivity index (χ4n) is 2.56. The third-order valence-corrected chi connectivity index (χ3v) is 6.06. The number of hydrogen-bond acceptors (Lipinski definition) is 1. The van der Waals surface area contributed by atoms with Crippen molar-refractivity contribution in [2.24, 2.45) is 0 Å². The summed E-state index contributed by atoms with van der Waals surface area (Å²) in [6, 6.07) is 27.3. The van der Waals surface area contributed by atoms with Gasteiger partial charge in [0.2, 0.25) is 0 Å². The van der Waals surface area contributed by atoms with Crippen molar-refractivity contribution in [3.63, 3.8) is 0 Å². The van der Waals surface area contributed by atoms with Crippen LogP contribution in [0.5, 0.6) is 0 Å². The molecule has 0 spiro atoms. The van der Waals surface area contributed by atoms with Crippen LogP contribution in [0, 0.1) is 0 Å². The molecule has 0 radical (unpaired) electrons. The molecule has 21 heavy (non-hydrogen) atoms. The van der Waals surface area contributed by atoms with Gasteiger partial charge in [-0.25, -0.2) is 12.1 Å². The van der Waals surface area contributed by atoms with E-state index in [1.165, 1.54) is 15.9 Å². The maximum Gasteiger partial charge on any atom is 0.0328 e. The number of aliphatic hydroxyl groups is 1. The second-order valence-electron chi connectivity index (χ2n) is 5.05. The van der Waals surface area contributed by atoms with Gasteiger partial charge < -0.3 is 5.11 Å². The molecule has 0 heterocycles. The predicted octanol–water partition coefficient (Wildman–Crippen LogP) is 3.22. The number of hydrogen-bond donors (Lipinski definition) is 1. The zero-order chi connectivity index (χ0) is 14.7. The van der Waals surface area contributed by atoms with E-state index in [4.69, 9.17) is 0 Å². The highest BCUT2D eigenvalue weighted by atomic mass is 31.1. The van der Waals surface area contributed by atoms with E-state index in [1.54, 1.807) is 0 Å². The Morgan fingerprint density at radius 3 is 1.81 bits per heavy atom. The van der Waals surface area contributed by atoms with Crippen LogP contribution in [0.3, 0.4) is 0 Å². The van der Waals surface area contributed by atoms with Crippen LogP contribution < -0.4 is 15.9 Å². The molecule has 0 aromatic heterocycles. The summed E-state index contributed by atoms with van der Waals surface area (Å²) in [6.45, 7) is 1.84. The molecule has 0 aliphatic carbocycles. The Morgan fingerprint density at radius 1 is 0.810 bits per heavy atom. The Kier molecular flexibility index (Phi) is 4.24. The van der Waals surface area contributed by atoms with E-state index in [-0.39, 0.29) is 0 Å². The highest BCUT2D eigenvalue weighted by Gasteiger charge is 2.16. The van der Waals surface area contributed by atoms with Crippen LogP contribution >= 0.6 is 7.92 Å².